The molecule has 0 saturated carbocycles. The average molecular weight is 490 g/mol. The molecule has 1 heterocycles. The van der Waals surface area contributed by atoms with E-state index in [1.807, 2.05) is 30.6 Å². The third kappa shape index (κ3) is 4.94. The van der Waals surface area contributed by atoms with Crippen LogP contribution in [0.1, 0.15) is 17.0 Å². The number of nitrogens with one attached hydrogen (secondary N) is 1. The number of halogens is 3. The first-order valence-corrected chi connectivity index (χ1v) is 10.3. The third-order valence-corrected chi connectivity index (χ3v) is 5.42. The highest BCUT2D eigenvalue weighted by atomic mass is 35.5. The van der Waals surface area contributed by atoms with Gasteiger partial charge in [0, 0.05) is 39.3 Å². The van der Waals surface area contributed by atoms with Crippen molar-refractivity contribution < 1.29 is 9.72 Å². The fraction of sp³-hybridized carbons (Fsp3) is 0.0909. The summed E-state index contributed by atoms with van der Waals surface area (Å²) in [6, 6.07) is 12.5. The van der Waals surface area contributed by atoms with Crippen LogP contribution in [0.4, 0.5) is 11.4 Å². The van der Waals surface area contributed by atoms with Crippen molar-refractivity contribution in [2.24, 2.45) is 0 Å². The Hall–Kier alpha value is -3.31. The van der Waals surface area contributed by atoms with E-state index in [2.05, 4.69) is 5.32 Å². The molecule has 2 aromatic carbocycles. The van der Waals surface area contributed by atoms with Gasteiger partial charge in [-0.2, -0.15) is 5.26 Å². The number of aryl methyl sites for hydroxylation is 1. The summed E-state index contributed by atoms with van der Waals surface area (Å²) in [4.78, 5) is 23.0. The van der Waals surface area contributed by atoms with Gasteiger partial charge in [0.2, 0.25) is 0 Å². The number of carbonyl (C=O) groups excluding carboxylic acids is 1. The smallest absolute Gasteiger partial charge is 0.271 e. The van der Waals surface area contributed by atoms with E-state index in [-0.39, 0.29) is 22.0 Å². The molecule has 32 heavy (non-hydrogen) atoms. The summed E-state index contributed by atoms with van der Waals surface area (Å²) in [5, 5.41) is 24.0. The van der Waals surface area contributed by atoms with Gasteiger partial charge in [-0.1, -0.05) is 34.8 Å². The van der Waals surface area contributed by atoms with E-state index in [1.54, 1.807) is 18.2 Å². The third-order valence-electron chi connectivity index (χ3n) is 4.65. The molecule has 3 rings (SSSR count). The molecular weight excluding hydrogens is 475 g/mol. The molecule has 1 amide bonds. The van der Waals surface area contributed by atoms with Crippen LogP contribution >= 0.6 is 34.8 Å². The maximum absolute atomic E-state index is 12.7. The van der Waals surface area contributed by atoms with Crippen molar-refractivity contribution in [2.45, 2.75) is 13.8 Å². The predicted octanol–water partition coefficient (Wildman–Crippen LogP) is 6.51. The lowest BCUT2D eigenvalue weighted by molar-refractivity contribution is -0.384. The molecule has 0 fully saturated rings. The van der Waals surface area contributed by atoms with Gasteiger partial charge in [-0.15, -0.1) is 0 Å². The molecule has 0 spiro atoms. The molecule has 7 nitrogen and oxygen atoms in total. The Morgan fingerprint density at radius 2 is 1.78 bits per heavy atom. The van der Waals surface area contributed by atoms with Crippen molar-refractivity contribution in [3.8, 4) is 11.8 Å². The van der Waals surface area contributed by atoms with Crippen molar-refractivity contribution >= 4 is 58.2 Å². The number of benzene rings is 2. The highest BCUT2D eigenvalue weighted by Gasteiger charge is 2.17. The molecule has 0 saturated heterocycles. The maximum atomic E-state index is 12.7. The first kappa shape index (κ1) is 23.4. The SMILES string of the molecule is Cc1cc(/C=C(\C#N)C(=O)Nc2cc([N+](=O)[O-])ccc2Cl)c(C)n1-c1cc(Cl)cc(Cl)c1. The molecule has 0 unspecified atom stereocenters. The number of hydrogen-bond acceptors (Lipinski definition) is 4. The van der Waals surface area contributed by atoms with E-state index >= 15 is 0 Å². The lowest BCUT2D eigenvalue weighted by Gasteiger charge is -2.11. The van der Waals surface area contributed by atoms with Crippen LogP contribution in [-0.2, 0) is 4.79 Å². The van der Waals surface area contributed by atoms with Crippen LogP contribution in [0, 0.1) is 35.3 Å². The number of anilines is 1. The number of aromatic nitrogens is 1. The van der Waals surface area contributed by atoms with Crippen molar-refractivity contribution in [3.05, 3.63) is 90.2 Å². The van der Waals surface area contributed by atoms with Crippen LogP contribution in [0.5, 0.6) is 0 Å². The summed E-state index contributed by atoms with van der Waals surface area (Å²) < 4.78 is 1.90. The first-order valence-electron chi connectivity index (χ1n) is 9.13. The maximum Gasteiger partial charge on any atom is 0.271 e. The summed E-state index contributed by atoms with van der Waals surface area (Å²) in [6.45, 7) is 3.70. The lowest BCUT2D eigenvalue weighted by atomic mass is 10.1. The van der Waals surface area contributed by atoms with Crippen LogP contribution in [0.25, 0.3) is 11.8 Å². The molecular formula is C22H15Cl3N4O3. The summed E-state index contributed by atoms with van der Waals surface area (Å²) in [7, 11) is 0. The van der Waals surface area contributed by atoms with Gasteiger partial charge in [-0.05, 0) is 55.8 Å². The van der Waals surface area contributed by atoms with E-state index in [0.717, 1.165) is 23.1 Å². The topological polar surface area (TPSA) is 101 Å². The first-order chi connectivity index (χ1) is 15.1. The molecule has 10 heteroatoms. The van der Waals surface area contributed by atoms with Crippen LogP contribution in [0.2, 0.25) is 15.1 Å². The zero-order valence-corrected chi connectivity index (χ0v) is 19.1. The van der Waals surface area contributed by atoms with Gasteiger partial charge in [0.05, 0.1) is 15.6 Å². The number of amides is 1. The Morgan fingerprint density at radius 3 is 2.38 bits per heavy atom. The number of nitro groups is 1. The highest BCUT2D eigenvalue weighted by Crippen LogP contribution is 2.29. The number of nitriles is 1. The molecule has 3 aromatic rings. The van der Waals surface area contributed by atoms with Gasteiger partial charge in [-0.3, -0.25) is 14.9 Å². The lowest BCUT2D eigenvalue weighted by Crippen LogP contribution is -2.14. The molecule has 0 radical (unpaired) electrons. The summed E-state index contributed by atoms with van der Waals surface area (Å²) in [6.07, 6.45) is 1.44. The van der Waals surface area contributed by atoms with Gasteiger partial charge < -0.3 is 9.88 Å². The summed E-state index contributed by atoms with van der Waals surface area (Å²) in [5.74, 6) is -0.745. The number of non-ortho nitro benzene ring substituents is 1. The van der Waals surface area contributed by atoms with Crippen molar-refractivity contribution in [1.82, 2.24) is 4.57 Å². The van der Waals surface area contributed by atoms with Gasteiger partial charge in [-0.25, -0.2) is 0 Å². The Kier molecular flexibility index (Phi) is 6.90. The Bertz CT molecular complexity index is 1300. The standard InChI is InChI=1S/C22H15Cl3N4O3/c1-12-5-14(13(2)28(12)19-8-16(23)7-17(24)9-19)6-15(11-26)22(30)27-21-10-18(29(31)32)3-4-20(21)25/h3-10H,1-2H3,(H,27,30)/b15-6+. The average Bonchev–Trinajstić information content (AvgIpc) is 2.99. The summed E-state index contributed by atoms with van der Waals surface area (Å²) in [5.41, 5.74) is 2.57. The van der Waals surface area contributed by atoms with E-state index in [0.29, 0.717) is 15.6 Å². The number of nitro benzene ring substituents is 1. The normalized spacial score (nSPS) is 11.2. The predicted molar refractivity (Wildman–Crippen MR) is 126 cm³/mol. The zero-order chi connectivity index (χ0) is 23.6. The number of hydrogen-bond donors (Lipinski definition) is 1. The fourth-order valence-electron chi connectivity index (χ4n) is 3.22. The van der Waals surface area contributed by atoms with Crippen LogP contribution < -0.4 is 5.32 Å². The van der Waals surface area contributed by atoms with Crippen LogP contribution in [0.15, 0.2) is 48.0 Å². The van der Waals surface area contributed by atoms with Gasteiger partial charge in [0.25, 0.3) is 11.6 Å². The van der Waals surface area contributed by atoms with Crippen LogP contribution in [0.3, 0.4) is 0 Å². The minimum absolute atomic E-state index is 0.0334. The number of nitrogens with zero attached hydrogens (tertiary/aromatic N) is 3. The van der Waals surface area contributed by atoms with E-state index in [4.69, 9.17) is 34.8 Å². The van der Waals surface area contributed by atoms with Gasteiger partial charge in [0.15, 0.2) is 0 Å². The molecule has 1 aromatic heterocycles. The highest BCUT2D eigenvalue weighted by molar-refractivity contribution is 6.35. The minimum Gasteiger partial charge on any atom is -0.320 e. The molecule has 0 aliphatic carbocycles. The van der Waals surface area contributed by atoms with Crippen molar-refractivity contribution in [2.75, 3.05) is 5.32 Å². The number of carbonyl (C=O) groups is 1. The number of rotatable bonds is 5. The molecule has 0 bridgehead atoms. The Balaban J connectivity index is 1.97. The van der Waals surface area contributed by atoms with Crippen LogP contribution in [-0.4, -0.2) is 15.4 Å². The molecule has 162 valence electrons. The Labute approximate surface area is 198 Å². The molecule has 0 atom stereocenters. The molecule has 0 aliphatic rings. The zero-order valence-electron chi connectivity index (χ0n) is 16.8. The van der Waals surface area contributed by atoms with E-state index in [1.165, 1.54) is 18.2 Å². The van der Waals surface area contributed by atoms with Gasteiger partial charge >= 0.3 is 0 Å². The fourth-order valence-corrected chi connectivity index (χ4v) is 3.90. The molecule has 1 N–H and O–H groups in total. The van der Waals surface area contributed by atoms with E-state index in [9.17, 15) is 20.2 Å². The Morgan fingerprint density at radius 1 is 1.12 bits per heavy atom. The minimum atomic E-state index is -0.745. The summed E-state index contributed by atoms with van der Waals surface area (Å²) >= 11 is 18.3. The van der Waals surface area contributed by atoms with Crippen molar-refractivity contribution in [3.63, 3.8) is 0 Å². The molecule has 0 aliphatic heterocycles. The van der Waals surface area contributed by atoms with Crippen molar-refractivity contribution in [1.29, 1.82) is 5.26 Å². The largest absolute Gasteiger partial charge is 0.320 e. The monoisotopic (exact) mass is 488 g/mol. The second-order valence-corrected chi connectivity index (χ2v) is 8.11. The quantitative estimate of drug-likeness (QED) is 0.191. The van der Waals surface area contributed by atoms with Gasteiger partial charge in [0.1, 0.15) is 11.6 Å². The second-order valence-electron chi connectivity index (χ2n) is 6.83. The second kappa shape index (κ2) is 9.45. The van der Waals surface area contributed by atoms with E-state index < -0.39 is 10.8 Å².